The number of ketones is 1. The fraction of sp³-hybridized carbons (Fsp3) is 0.960. The van der Waals surface area contributed by atoms with Crippen LogP contribution in [0.3, 0.4) is 0 Å². The normalized spacial score (nSPS) is 51.7. The minimum atomic E-state index is -0.191. The lowest BCUT2D eigenvalue weighted by Crippen LogP contribution is -2.60. The number of ether oxygens (including phenoxy) is 1. The Kier molecular flexibility index (Phi) is 5.78. The first kappa shape index (κ1) is 21.7. The largest absolute Gasteiger partial charge is 0.391 e. The highest BCUT2D eigenvalue weighted by Gasteiger charge is 2.62. The molecular weight excluding hydrogens is 398 g/mol. The summed E-state index contributed by atoms with van der Waals surface area (Å²) in [6.45, 7) is 8.48. The molecule has 0 aromatic heterocycles. The van der Waals surface area contributed by atoms with Crippen LogP contribution in [0.1, 0.15) is 65.2 Å². The van der Waals surface area contributed by atoms with Crippen molar-refractivity contribution in [2.75, 3.05) is 32.2 Å². The number of aliphatic hydroxyl groups excluding tert-OH is 1. The second kappa shape index (κ2) is 8.01. The molecule has 5 heteroatoms. The number of Topliss-reactive ketones (excluding diaryl/α,β-unsaturated/α-hetero) is 1. The Balaban J connectivity index is 1.39. The van der Waals surface area contributed by atoms with Crippen LogP contribution >= 0.6 is 11.6 Å². The number of nitrogens with zero attached hydrogens (tertiary/aromatic N) is 1. The van der Waals surface area contributed by atoms with Crippen LogP contribution in [0.4, 0.5) is 0 Å². The summed E-state index contributed by atoms with van der Waals surface area (Å²) in [5.74, 6) is 3.47. The molecular formula is C25H40ClNO3. The minimum Gasteiger partial charge on any atom is -0.391 e. The van der Waals surface area contributed by atoms with Crippen LogP contribution in [0.2, 0.25) is 0 Å². The van der Waals surface area contributed by atoms with Gasteiger partial charge in [-0.25, -0.2) is 0 Å². The molecule has 0 spiro atoms. The second-order valence-electron chi connectivity index (χ2n) is 11.7. The van der Waals surface area contributed by atoms with Gasteiger partial charge in [0.2, 0.25) is 0 Å². The number of alkyl halides is 1. The van der Waals surface area contributed by atoms with Gasteiger partial charge >= 0.3 is 0 Å². The van der Waals surface area contributed by atoms with Gasteiger partial charge in [0, 0.05) is 25.0 Å². The van der Waals surface area contributed by atoms with Crippen molar-refractivity contribution in [3.05, 3.63) is 0 Å². The Bertz CT molecular complexity index is 667. The molecule has 5 aliphatic rings. The fourth-order valence-electron chi connectivity index (χ4n) is 9.18. The zero-order chi connectivity index (χ0) is 21.1. The van der Waals surface area contributed by atoms with Crippen LogP contribution in [0, 0.1) is 40.4 Å². The van der Waals surface area contributed by atoms with E-state index in [1.165, 1.54) is 32.1 Å². The number of morpholine rings is 1. The monoisotopic (exact) mass is 437 g/mol. The third-order valence-electron chi connectivity index (χ3n) is 10.7. The summed E-state index contributed by atoms with van der Waals surface area (Å²) in [5, 5.41) is 11.1. The van der Waals surface area contributed by atoms with Gasteiger partial charge in [-0.05, 0) is 85.9 Å². The van der Waals surface area contributed by atoms with Gasteiger partial charge < -0.3 is 9.84 Å². The number of hydrogen-bond donors (Lipinski definition) is 1. The Hall–Kier alpha value is -0.160. The van der Waals surface area contributed by atoms with E-state index in [0.29, 0.717) is 17.3 Å². The topological polar surface area (TPSA) is 49.8 Å². The van der Waals surface area contributed by atoms with E-state index in [1.54, 1.807) is 0 Å². The summed E-state index contributed by atoms with van der Waals surface area (Å²) in [6, 6.07) is 0.288. The van der Waals surface area contributed by atoms with Crippen molar-refractivity contribution < 1.29 is 14.6 Å². The average Bonchev–Trinajstić information content (AvgIpc) is 3.11. The molecule has 5 rings (SSSR count). The molecule has 0 aromatic rings. The zero-order valence-electron chi connectivity index (χ0n) is 18.8. The van der Waals surface area contributed by atoms with Crippen molar-refractivity contribution >= 4 is 17.4 Å². The third-order valence-corrected chi connectivity index (χ3v) is 11.0. The highest BCUT2D eigenvalue weighted by Crippen LogP contribution is 2.67. The molecule has 5 fully saturated rings. The van der Waals surface area contributed by atoms with Crippen molar-refractivity contribution in [2.24, 2.45) is 40.4 Å². The summed E-state index contributed by atoms with van der Waals surface area (Å²) in [7, 11) is 0. The van der Waals surface area contributed by atoms with E-state index in [2.05, 4.69) is 18.7 Å². The molecule has 0 radical (unpaired) electrons. The van der Waals surface area contributed by atoms with Crippen LogP contribution in [0.15, 0.2) is 0 Å². The van der Waals surface area contributed by atoms with Gasteiger partial charge in [-0.2, -0.15) is 0 Å². The van der Waals surface area contributed by atoms with Crippen LogP contribution in [0.5, 0.6) is 0 Å². The minimum absolute atomic E-state index is 0.161. The van der Waals surface area contributed by atoms with Crippen LogP contribution < -0.4 is 0 Å². The highest BCUT2D eigenvalue weighted by atomic mass is 35.5. The summed E-state index contributed by atoms with van der Waals surface area (Å²) >= 11 is 5.99. The summed E-state index contributed by atoms with van der Waals surface area (Å²) in [5.41, 5.74) is 0.481. The Morgan fingerprint density at radius 2 is 1.80 bits per heavy atom. The van der Waals surface area contributed by atoms with Crippen LogP contribution in [0.25, 0.3) is 0 Å². The number of carbonyl (C=O) groups is 1. The maximum absolute atomic E-state index is 12.6. The van der Waals surface area contributed by atoms with E-state index in [4.69, 9.17) is 16.3 Å². The average molecular weight is 438 g/mol. The second-order valence-corrected chi connectivity index (χ2v) is 11.9. The van der Waals surface area contributed by atoms with E-state index in [0.717, 1.165) is 57.4 Å². The summed E-state index contributed by atoms with van der Waals surface area (Å²) in [4.78, 5) is 15.1. The van der Waals surface area contributed by atoms with Gasteiger partial charge in [-0.3, -0.25) is 9.69 Å². The number of fused-ring (bicyclic) bond motifs is 5. The predicted molar refractivity (Wildman–Crippen MR) is 119 cm³/mol. The molecule has 0 bridgehead atoms. The number of aliphatic hydroxyl groups is 1. The number of carbonyl (C=O) groups excluding carboxylic acids is 1. The molecule has 9 atom stereocenters. The first-order valence-corrected chi connectivity index (χ1v) is 13.0. The lowest BCUT2D eigenvalue weighted by molar-refractivity contribution is -0.156. The molecule has 30 heavy (non-hydrogen) atoms. The zero-order valence-corrected chi connectivity index (χ0v) is 19.6. The Morgan fingerprint density at radius 3 is 2.53 bits per heavy atom. The van der Waals surface area contributed by atoms with E-state index in [9.17, 15) is 9.90 Å². The predicted octanol–water partition coefficient (Wildman–Crippen LogP) is 4.12. The molecule has 4 unspecified atom stereocenters. The Labute approximate surface area is 187 Å². The lowest BCUT2D eigenvalue weighted by atomic mass is 9.44. The summed E-state index contributed by atoms with van der Waals surface area (Å²) < 4.78 is 5.58. The van der Waals surface area contributed by atoms with Crippen LogP contribution in [-0.4, -0.2) is 60.1 Å². The number of hydrogen-bond acceptors (Lipinski definition) is 4. The van der Waals surface area contributed by atoms with Gasteiger partial charge in [0.05, 0.1) is 25.2 Å². The molecule has 1 aliphatic heterocycles. The molecule has 170 valence electrons. The highest BCUT2D eigenvalue weighted by molar-refractivity contribution is 6.28. The molecule has 1 N–H and O–H groups in total. The van der Waals surface area contributed by atoms with Crippen molar-refractivity contribution in [2.45, 2.75) is 77.4 Å². The molecule has 1 saturated heterocycles. The quantitative estimate of drug-likeness (QED) is 0.674. The molecule has 0 aromatic carbocycles. The van der Waals surface area contributed by atoms with Crippen molar-refractivity contribution in [1.82, 2.24) is 4.90 Å². The third kappa shape index (κ3) is 3.23. The fourth-order valence-corrected chi connectivity index (χ4v) is 9.37. The first-order valence-electron chi connectivity index (χ1n) is 12.5. The van der Waals surface area contributed by atoms with Gasteiger partial charge in [-0.15, -0.1) is 11.6 Å². The van der Waals surface area contributed by atoms with E-state index in [1.807, 2.05) is 0 Å². The lowest BCUT2D eigenvalue weighted by Gasteiger charge is -2.62. The molecule has 4 aliphatic carbocycles. The van der Waals surface area contributed by atoms with Crippen LogP contribution in [-0.2, 0) is 9.53 Å². The number of halogens is 1. The summed E-state index contributed by atoms with van der Waals surface area (Å²) in [6.07, 6.45) is 9.15. The number of rotatable bonds is 3. The van der Waals surface area contributed by atoms with E-state index < -0.39 is 0 Å². The molecule has 4 saturated carbocycles. The van der Waals surface area contributed by atoms with Gasteiger partial charge in [0.15, 0.2) is 5.78 Å². The smallest absolute Gasteiger partial charge is 0.151 e. The molecule has 4 nitrogen and oxygen atoms in total. The maximum Gasteiger partial charge on any atom is 0.151 e. The standard InChI is InChI=1S/C25H40ClNO3/c1-24-8-7-19-17(18(24)5-6-20(24)23(29)15-26)4-3-16-13-22(28)21(14-25(16,19)2)27-9-11-30-12-10-27/h16-22,28H,3-15H2,1-2H3/t16-,17?,18?,19?,20?,21-,22-,24-,25-/m0/s1. The first-order chi connectivity index (χ1) is 14.4. The Morgan fingerprint density at radius 1 is 1.07 bits per heavy atom. The maximum atomic E-state index is 12.6. The van der Waals surface area contributed by atoms with Gasteiger partial charge in [0.1, 0.15) is 0 Å². The molecule has 0 amide bonds. The van der Waals surface area contributed by atoms with Gasteiger partial charge in [0.25, 0.3) is 0 Å². The molecule has 1 heterocycles. The SMILES string of the molecule is C[C@]12CCC3C(CC[C@H]4C[C@H](O)[C@@H](N5CCOCC5)C[C@]34C)C1CCC2C(=O)CCl. The van der Waals surface area contributed by atoms with E-state index >= 15 is 0 Å². The van der Waals surface area contributed by atoms with Gasteiger partial charge in [-0.1, -0.05) is 13.8 Å². The van der Waals surface area contributed by atoms with Crippen molar-refractivity contribution in [1.29, 1.82) is 0 Å². The van der Waals surface area contributed by atoms with E-state index in [-0.39, 0.29) is 35.1 Å². The van der Waals surface area contributed by atoms with Crippen molar-refractivity contribution in [3.63, 3.8) is 0 Å². The van der Waals surface area contributed by atoms with Crippen molar-refractivity contribution in [3.8, 4) is 0 Å².